The van der Waals surface area contributed by atoms with Crippen LogP contribution in [0.15, 0.2) is 0 Å². The first-order chi connectivity index (χ1) is 3.77. The molecule has 0 rings (SSSR count). The van der Waals surface area contributed by atoms with Crippen molar-refractivity contribution in [3.63, 3.8) is 0 Å². The Morgan fingerprint density at radius 1 is 1.25 bits per heavy atom. The first-order valence-electron chi connectivity index (χ1n) is 3.05. The molecule has 50 valence electrons. The summed E-state index contributed by atoms with van der Waals surface area (Å²) in [4.78, 5) is 0. The Morgan fingerprint density at radius 3 is 2.25 bits per heavy atom. The third-order valence-electron chi connectivity index (χ3n) is 1.03. The van der Waals surface area contributed by atoms with Crippen LogP contribution in [0.4, 0.5) is 8.22 Å². The highest BCUT2D eigenvalue weighted by atomic mass is 28.4. The van der Waals surface area contributed by atoms with Gasteiger partial charge in [-0.15, -0.1) is 0 Å². The highest BCUT2D eigenvalue weighted by Crippen LogP contribution is 2.04. The summed E-state index contributed by atoms with van der Waals surface area (Å²) in [5, 5.41) is 0. The van der Waals surface area contributed by atoms with E-state index < -0.39 is 9.46 Å². The minimum atomic E-state index is -3.20. The quantitative estimate of drug-likeness (QED) is 0.318. The standard InChI is InChI=1S/C5H12F2Si/c1-2-3-4-5-8(6)7/h8H,2-5H2,1H3. The van der Waals surface area contributed by atoms with Gasteiger partial charge in [0.2, 0.25) is 0 Å². The summed E-state index contributed by atoms with van der Waals surface area (Å²) in [5.41, 5.74) is 0. The molecule has 0 bridgehead atoms. The molecule has 0 heterocycles. The smallest absolute Gasteiger partial charge is 0.275 e. The molecule has 0 aliphatic heterocycles. The largest absolute Gasteiger partial charge is 0.411 e. The molecule has 0 aromatic carbocycles. The Labute approximate surface area is 50.9 Å². The fraction of sp³-hybridized carbons (Fsp3) is 1.00. The Balaban J connectivity index is 2.72. The molecule has 8 heavy (non-hydrogen) atoms. The van der Waals surface area contributed by atoms with Crippen LogP contribution in [-0.2, 0) is 0 Å². The molecule has 0 unspecified atom stereocenters. The Morgan fingerprint density at radius 2 is 1.88 bits per heavy atom. The molecule has 0 aliphatic carbocycles. The van der Waals surface area contributed by atoms with Crippen molar-refractivity contribution in [1.82, 2.24) is 0 Å². The predicted molar refractivity (Wildman–Crippen MR) is 33.7 cm³/mol. The van der Waals surface area contributed by atoms with Crippen LogP contribution in [-0.4, -0.2) is 9.46 Å². The maximum atomic E-state index is 11.5. The van der Waals surface area contributed by atoms with E-state index in [2.05, 4.69) is 0 Å². The summed E-state index contributed by atoms with van der Waals surface area (Å²) in [6.07, 6.45) is 2.75. The SMILES string of the molecule is CCCCC[SiH](F)F. The zero-order valence-electron chi connectivity index (χ0n) is 5.16. The van der Waals surface area contributed by atoms with Gasteiger partial charge in [-0.1, -0.05) is 26.2 Å². The van der Waals surface area contributed by atoms with Crippen molar-refractivity contribution in [2.45, 2.75) is 32.2 Å². The van der Waals surface area contributed by atoms with Crippen LogP contribution >= 0.6 is 0 Å². The fourth-order valence-electron chi connectivity index (χ4n) is 0.549. The first kappa shape index (κ1) is 8.08. The topological polar surface area (TPSA) is 0 Å². The summed E-state index contributed by atoms with van der Waals surface area (Å²) in [6.45, 7) is 2.02. The minimum Gasteiger partial charge on any atom is -0.275 e. The monoisotopic (exact) mass is 138 g/mol. The van der Waals surface area contributed by atoms with E-state index in [4.69, 9.17) is 0 Å². The molecule has 0 spiro atoms. The minimum absolute atomic E-state index is 0.216. The van der Waals surface area contributed by atoms with E-state index in [0.717, 1.165) is 19.3 Å². The molecular formula is C5H12F2Si. The van der Waals surface area contributed by atoms with Crippen molar-refractivity contribution in [1.29, 1.82) is 0 Å². The van der Waals surface area contributed by atoms with Gasteiger partial charge < -0.3 is 0 Å². The zero-order chi connectivity index (χ0) is 6.41. The van der Waals surface area contributed by atoms with Gasteiger partial charge in [-0.25, -0.2) is 0 Å². The third kappa shape index (κ3) is 6.08. The van der Waals surface area contributed by atoms with E-state index in [1.54, 1.807) is 0 Å². The van der Waals surface area contributed by atoms with E-state index in [0.29, 0.717) is 0 Å². The van der Waals surface area contributed by atoms with E-state index in [1.165, 1.54) is 0 Å². The van der Waals surface area contributed by atoms with Crippen molar-refractivity contribution < 1.29 is 8.22 Å². The average Bonchev–Trinajstić information content (AvgIpc) is 1.66. The van der Waals surface area contributed by atoms with Crippen molar-refractivity contribution >= 4 is 9.46 Å². The molecule has 0 saturated heterocycles. The number of unbranched alkanes of at least 4 members (excludes halogenated alkanes) is 2. The molecule has 0 nitrogen and oxygen atoms in total. The second-order valence-electron chi connectivity index (χ2n) is 1.89. The number of rotatable bonds is 4. The average molecular weight is 138 g/mol. The molecular weight excluding hydrogens is 126 g/mol. The highest BCUT2D eigenvalue weighted by molar-refractivity contribution is 6.42. The van der Waals surface area contributed by atoms with Gasteiger partial charge in [-0.2, -0.15) is 0 Å². The van der Waals surface area contributed by atoms with Crippen LogP contribution in [0, 0.1) is 0 Å². The lowest BCUT2D eigenvalue weighted by atomic mass is 10.3. The number of hydrogen-bond donors (Lipinski definition) is 0. The van der Waals surface area contributed by atoms with Crippen molar-refractivity contribution in [3.05, 3.63) is 0 Å². The summed E-state index contributed by atoms with van der Waals surface area (Å²) in [6, 6.07) is 0.216. The van der Waals surface area contributed by atoms with E-state index in [-0.39, 0.29) is 6.04 Å². The summed E-state index contributed by atoms with van der Waals surface area (Å²) >= 11 is 0. The molecule has 0 fully saturated rings. The Bertz CT molecular complexity index is 47.7. The zero-order valence-corrected chi connectivity index (χ0v) is 6.32. The van der Waals surface area contributed by atoms with E-state index in [9.17, 15) is 8.22 Å². The van der Waals surface area contributed by atoms with Crippen LogP contribution in [0.3, 0.4) is 0 Å². The van der Waals surface area contributed by atoms with Crippen molar-refractivity contribution in [2.24, 2.45) is 0 Å². The van der Waals surface area contributed by atoms with Crippen LogP contribution in [0.2, 0.25) is 6.04 Å². The summed E-state index contributed by atoms with van der Waals surface area (Å²) in [7, 11) is -3.20. The maximum absolute atomic E-state index is 11.5. The predicted octanol–water partition coefficient (Wildman–Crippen LogP) is 2.34. The molecule has 0 aromatic heterocycles. The van der Waals surface area contributed by atoms with Gasteiger partial charge in [0.05, 0.1) is 0 Å². The number of halogens is 2. The maximum Gasteiger partial charge on any atom is 0.411 e. The molecule has 3 heteroatoms. The lowest BCUT2D eigenvalue weighted by Crippen LogP contribution is -1.93. The van der Waals surface area contributed by atoms with Gasteiger partial charge >= 0.3 is 9.46 Å². The molecule has 0 saturated carbocycles. The second-order valence-corrected chi connectivity index (χ2v) is 3.25. The van der Waals surface area contributed by atoms with Gasteiger partial charge in [0.1, 0.15) is 0 Å². The van der Waals surface area contributed by atoms with Gasteiger partial charge in [-0.3, -0.25) is 8.22 Å². The van der Waals surface area contributed by atoms with Gasteiger partial charge in [0.25, 0.3) is 0 Å². The molecule has 0 amide bonds. The third-order valence-corrected chi connectivity index (χ3v) is 1.87. The molecule has 0 radical (unpaired) electrons. The second kappa shape index (κ2) is 5.22. The summed E-state index contributed by atoms with van der Waals surface area (Å²) < 4.78 is 23.0. The lowest BCUT2D eigenvalue weighted by molar-refractivity contribution is 0.630. The van der Waals surface area contributed by atoms with Gasteiger partial charge in [-0.05, 0) is 6.04 Å². The fourth-order valence-corrected chi connectivity index (χ4v) is 1.15. The van der Waals surface area contributed by atoms with Crippen LogP contribution < -0.4 is 0 Å². The van der Waals surface area contributed by atoms with Crippen LogP contribution in [0.25, 0.3) is 0 Å². The van der Waals surface area contributed by atoms with Crippen molar-refractivity contribution in [3.8, 4) is 0 Å². The first-order valence-corrected chi connectivity index (χ1v) is 4.74. The van der Waals surface area contributed by atoms with E-state index in [1.807, 2.05) is 6.92 Å². The Hall–Kier alpha value is 0.0769. The van der Waals surface area contributed by atoms with Gasteiger partial charge in [0.15, 0.2) is 0 Å². The van der Waals surface area contributed by atoms with Crippen LogP contribution in [0.5, 0.6) is 0 Å². The number of hydrogen-bond acceptors (Lipinski definition) is 0. The molecule has 0 aromatic rings. The molecule has 0 aliphatic rings. The lowest BCUT2D eigenvalue weighted by Gasteiger charge is -1.92. The Kier molecular flexibility index (Phi) is 5.27. The van der Waals surface area contributed by atoms with E-state index >= 15 is 0 Å². The molecule has 0 atom stereocenters. The normalized spacial score (nSPS) is 10.5. The highest BCUT2D eigenvalue weighted by Gasteiger charge is 2.04. The summed E-state index contributed by atoms with van der Waals surface area (Å²) in [5.74, 6) is 0. The van der Waals surface area contributed by atoms with Gasteiger partial charge in [0, 0.05) is 0 Å². The molecule has 0 N–H and O–H groups in total. The van der Waals surface area contributed by atoms with Crippen LogP contribution in [0.1, 0.15) is 26.2 Å². The van der Waals surface area contributed by atoms with Crippen molar-refractivity contribution in [2.75, 3.05) is 0 Å².